The van der Waals surface area contributed by atoms with Gasteiger partial charge < -0.3 is 11.1 Å². The number of aryl methyl sites for hydroxylation is 2. The van der Waals surface area contributed by atoms with Gasteiger partial charge in [-0.15, -0.1) is 11.3 Å². The Balaban J connectivity index is 1.94. The summed E-state index contributed by atoms with van der Waals surface area (Å²) in [5.74, 6) is -0.106. The summed E-state index contributed by atoms with van der Waals surface area (Å²) in [4.78, 5) is 17.3. The lowest BCUT2D eigenvalue weighted by atomic mass is 10.0. The van der Waals surface area contributed by atoms with Gasteiger partial charge in [0, 0.05) is 17.3 Å². The number of benzene rings is 1. The number of thiazole rings is 1. The van der Waals surface area contributed by atoms with Crippen LogP contribution in [0.1, 0.15) is 28.6 Å². The minimum absolute atomic E-state index is 0.106. The first-order chi connectivity index (χ1) is 9.06. The summed E-state index contributed by atoms with van der Waals surface area (Å²) in [6, 6.07) is 9.33. The second-order valence-corrected chi connectivity index (χ2v) is 5.63. The SMILES string of the molecule is Cc1nc(NC(=O)CC(N)c2ccccc2)sc1C. The van der Waals surface area contributed by atoms with Gasteiger partial charge in [-0.3, -0.25) is 4.79 Å². The van der Waals surface area contributed by atoms with Crippen LogP contribution < -0.4 is 11.1 Å². The number of aromatic nitrogens is 1. The number of rotatable bonds is 4. The number of carbonyl (C=O) groups is 1. The van der Waals surface area contributed by atoms with E-state index in [9.17, 15) is 4.79 Å². The summed E-state index contributed by atoms with van der Waals surface area (Å²) >= 11 is 1.48. The van der Waals surface area contributed by atoms with E-state index in [1.807, 2.05) is 44.2 Å². The highest BCUT2D eigenvalue weighted by Gasteiger charge is 2.13. The average Bonchev–Trinajstić information content (AvgIpc) is 2.69. The van der Waals surface area contributed by atoms with Gasteiger partial charge in [0.05, 0.1) is 5.69 Å². The summed E-state index contributed by atoms with van der Waals surface area (Å²) < 4.78 is 0. The molecule has 100 valence electrons. The first kappa shape index (κ1) is 13.7. The molecule has 2 rings (SSSR count). The second-order valence-electron chi connectivity index (χ2n) is 4.43. The van der Waals surface area contributed by atoms with Gasteiger partial charge in [-0.05, 0) is 19.4 Å². The van der Waals surface area contributed by atoms with Crippen molar-refractivity contribution in [1.29, 1.82) is 0 Å². The van der Waals surface area contributed by atoms with Crippen molar-refractivity contribution < 1.29 is 4.79 Å². The number of nitrogens with zero attached hydrogens (tertiary/aromatic N) is 1. The Morgan fingerprint density at radius 3 is 2.63 bits per heavy atom. The summed E-state index contributed by atoms with van der Waals surface area (Å²) in [5.41, 5.74) is 7.92. The predicted octanol–water partition coefficient (Wildman–Crippen LogP) is 2.79. The Kier molecular flexibility index (Phi) is 4.29. The van der Waals surface area contributed by atoms with Crippen LogP contribution in [0.3, 0.4) is 0 Å². The lowest BCUT2D eigenvalue weighted by molar-refractivity contribution is -0.116. The number of nitrogens with one attached hydrogen (secondary N) is 1. The lowest BCUT2D eigenvalue weighted by Crippen LogP contribution is -2.20. The number of amides is 1. The van der Waals surface area contributed by atoms with Gasteiger partial charge in [0.25, 0.3) is 0 Å². The fourth-order valence-electron chi connectivity index (χ4n) is 1.71. The molecule has 0 saturated heterocycles. The summed E-state index contributed by atoms with van der Waals surface area (Å²) in [6.07, 6.45) is 0.252. The van der Waals surface area contributed by atoms with E-state index in [1.54, 1.807) is 0 Å². The van der Waals surface area contributed by atoms with Gasteiger partial charge in [0.15, 0.2) is 5.13 Å². The van der Waals surface area contributed by atoms with Crippen LogP contribution in [0.2, 0.25) is 0 Å². The number of hydrogen-bond donors (Lipinski definition) is 2. The zero-order valence-electron chi connectivity index (χ0n) is 11.0. The highest BCUT2D eigenvalue weighted by molar-refractivity contribution is 7.15. The minimum Gasteiger partial charge on any atom is -0.324 e. The average molecular weight is 275 g/mol. The first-order valence-electron chi connectivity index (χ1n) is 6.10. The van der Waals surface area contributed by atoms with E-state index in [0.717, 1.165) is 16.1 Å². The normalized spacial score (nSPS) is 12.2. The Morgan fingerprint density at radius 1 is 1.37 bits per heavy atom. The molecule has 0 bridgehead atoms. The van der Waals surface area contributed by atoms with Crippen molar-refractivity contribution in [3.8, 4) is 0 Å². The van der Waals surface area contributed by atoms with Gasteiger partial charge >= 0.3 is 0 Å². The van der Waals surface area contributed by atoms with Crippen LogP contribution >= 0.6 is 11.3 Å². The molecule has 1 unspecified atom stereocenters. The first-order valence-corrected chi connectivity index (χ1v) is 6.92. The maximum Gasteiger partial charge on any atom is 0.228 e. The van der Waals surface area contributed by atoms with E-state index in [2.05, 4.69) is 10.3 Å². The smallest absolute Gasteiger partial charge is 0.228 e. The maximum absolute atomic E-state index is 11.9. The van der Waals surface area contributed by atoms with Gasteiger partial charge in [-0.25, -0.2) is 4.98 Å². The molecular formula is C14H17N3OS. The fourth-order valence-corrected chi connectivity index (χ4v) is 2.55. The molecule has 2 aromatic rings. The number of nitrogens with two attached hydrogens (primary N) is 1. The highest BCUT2D eigenvalue weighted by atomic mass is 32.1. The third kappa shape index (κ3) is 3.62. The van der Waals surface area contributed by atoms with Crippen molar-refractivity contribution in [1.82, 2.24) is 4.98 Å². The Labute approximate surface area is 116 Å². The molecule has 5 heteroatoms. The molecule has 0 saturated carbocycles. The molecule has 1 amide bonds. The minimum atomic E-state index is -0.289. The zero-order valence-corrected chi connectivity index (χ0v) is 11.8. The van der Waals surface area contributed by atoms with Crippen LogP contribution in [0.25, 0.3) is 0 Å². The van der Waals surface area contributed by atoms with Crippen molar-refractivity contribution in [3.63, 3.8) is 0 Å². The third-order valence-electron chi connectivity index (χ3n) is 2.91. The molecule has 1 aromatic carbocycles. The molecule has 1 aromatic heterocycles. The van der Waals surface area contributed by atoms with Crippen molar-refractivity contribution in [2.24, 2.45) is 5.73 Å². The van der Waals surface area contributed by atoms with E-state index < -0.39 is 0 Å². The van der Waals surface area contributed by atoms with E-state index in [1.165, 1.54) is 11.3 Å². The van der Waals surface area contributed by atoms with Crippen molar-refractivity contribution >= 4 is 22.4 Å². The van der Waals surface area contributed by atoms with Gasteiger partial charge in [0.1, 0.15) is 0 Å². The van der Waals surface area contributed by atoms with Crippen LogP contribution in [-0.2, 0) is 4.79 Å². The Bertz CT molecular complexity index is 546. The summed E-state index contributed by atoms with van der Waals surface area (Å²) in [6.45, 7) is 3.91. The van der Waals surface area contributed by atoms with Crippen LogP contribution in [0, 0.1) is 13.8 Å². The molecule has 3 N–H and O–H groups in total. The van der Waals surface area contributed by atoms with Gasteiger partial charge in [-0.2, -0.15) is 0 Å². The molecule has 0 spiro atoms. The molecule has 4 nitrogen and oxygen atoms in total. The molecule has 0 radical (unpaired) electrons. The molecule has 0 fully saturated rings. The number of anilines is 1. The second kappa shape index (κ2) is 5.95. The Morgan fingerprint density at radius 2 is 2.05 bits per heavy atom. The fraction of sp³-hybridized carbons (Fsp3) is 0.286. The van der Waals surface area contributed by atoms with E-state index in [4.69, 9.17) is 5.73 Å². The number of carbonyl (C=O) groups excluding carboxylic acids is 1. The zero-order chi connectivity index (χ0) is 13.8. The molecular weight excluding hydrogens is 258 g/mol. The van der Waals surface area contributed by atoms with Crippen LogP contribution in [0.5, 0.6) is 0 Å². The topological polar surface area (TPSA) is 68.0 Å². The van der Waals surface area contributed by atoms with E-state index in [0.29, 0.717) is 5.13 Å². The maximum atomic E-state index is 11.9. The largest absolute Gasteiger partial charge is 0.324 e. The summed E-state index contributed by atoms with van der Waals surface area (Å²) in [7, 11) is 0. The quantitative estimate of drug-likeness (QED) is 0.901. The van der Waals surface area contributed by atoms with Crippen molar-refractivity contribution in [3.05, 3.63) is 46.5 Å². The van der Waals surface area contributed by atoms with Crippen LogP contribution in [0.15, 0.2) is 30.3 Å². The van der Waals surface area contributed by atoms with E-state index >= 15 is 0 Å². The molecule has 1 atom stereocenters. The molecule has 0 aliphatic rings. The number of hydrogen-bond acceptors (Lipinski definition) is 4. The van der Waals surface area contributed by atoms with Gasteiger partial charge in [-0.1, -0.05) is 30.3 Å². The molecule has 0 aliphatic carbocycles. The lowest BCUT2D eigenvalue weighted by Gasteiger charge is -2.10. The van der Waals surface area contributed by atoms with Crippen molar-refractivity contribution in [2.45, 2.75) is 26.3 Å². The standard InChI is InChI=1S/C14H17N3OS/c1-9-10(2)19-14(16-9)17-13(18)8-12(15)11-6-4-3-5-7-11/h3-7,12H,8,15H2,1-2H3,(H,16,17,18). The van der Waals surface area contributed by atoms with Gasteiger partial charge in [0.2, 0.25) is 5.91 Å². The van der Waals surface area contributed by atoms with E-state index in [-0.39, 0.29) is 18.4 Å². The monoisotopic (exact) mass is 275 g/mol. The Hall–Kier alpha value is -1.72. The highest BCUT2D eigenvalue weighted by Crippen LogP contribution is 2.22. The van der Waals surface area contributed by atoms with Crippen LogP contribution in [0.4, 0.5) is 5.13 Å². The molecule has 1 heterocycles. The molecule has 19 heavy (non-hydrogen) atoms. The summed E-state index contributed by atoms with van der Waals surface area (Å²) in [5, 5.41) is 3.43. The molecule has 0 aliphatic heterocycles. The van der Waals surface area contributed by atoms with Crippen LogP contribution in [-0.4, -0.2) is 10.9 Å². The third-order valence-corrected chi connectivity index (χ3v) is 3.90. The van der Waals surface area contributed by atoms with Crippen molar-refractivity contribution in [2.75, 3.05) is 5.32 Å². The predicted molar refractivity (Wildman–Crippen MR) is 78.2 cm³/mol.